The molecule has 4 atom stereocenters. The topological polar surface area (TPSA) is 41.7 Å². The number of rotatable bonds is 3. The molecule has 2 aliphatic rings. The number of ether oxygens (including phenoxy) is 1. The molecule has 4 nitrogen and oxygen atoms in total. The molecule has 2 saturated heterocycles. The number of hydrogen-bond donors (Lipinski definition) is 1. The van der Waals surface area contributed by atoms with Crippen LogP contribution >= 0.6 is 0 Å². The van der Waals surface area contributed by atoms with Gasteiger partial charge in [0.25, 0.3) is 0 Å². The van der Waals surface area contributed by atoms with Gasteiger partial charge in [0, 0.05) is 50.3 Å². The average Bonchev–Trinajstić information content (AvgIpc) is 2.79. The first-order chi connectivity index (χ1) is 8.08. The molecule has 0 amide bonds. The second-order valence-corrected chi connectivity index (χ2v) is 5.87. The molecule has 0 spiro atoms. The molecule has 2 rings (SSSR count). The first kappa shape index (κ1) is 13.3. The van der Waals surface area contributed by atoms with E-state index in [0.29, 0.717) is 18.0 Å². The van der Waals surface area contributed by atoms with Gasteiger partial charge in [-0.15, -0.1) is 0 Å². The molecule has 0 aliphatic carbocycles. The minimum atomic E-state index is 0.278. The van der Waals surface area contributed by atoms with Crippen LogP contribution in [0, 0.1) is 5.92 Å². The lowest BCUT2D eigenvalue weighted by Crippen LogP contribution is -2.57. The second-order valence-electron chi connectivity index (χ2n) is 5.87. The van der Waals surface area contributed by atoms with Crippen molar-refractivity contribution in [3.05, 3.63) is 0 Å². The summed E-state index contributed by atoms with van der Waals surface area (Å²) in [5, 5.41) is 0. The van der Waals surface area contributed by atoms with Crippen LogP contribution in [0.4, 0.5) is 0 Å². The fraction of sp³-hybridized carbons (Fsp3) is 1.00. The summed E-state index contributed by atoms with van der Waals surface area (Å²) in [4.78, 5) is 4.99. The molecule has 100 valence electrons. The van der Waals surface area contributed by atoms with E-state index in [0.717, 1.165) is 39.3 Å². The Morgan fingerprint density at radius 2 is 1.94 bits per heavy atom. The predicted octanol–water partition coefficient (Wildman–Crippen LogP) is 0.375. The van der Waals surface area contributed by atoms with Crippen molar-refractivity contribution >= 4 is 0 Å². The van der Waals surface area contributed by atoms with Crippen molar-refractivity contribution in [2.75, 3.05) is 39.9 Å². The molecule has 4 heteroatoms. The molecule has 0 bridgehead atoms. The van der Waals surface area contributed by atoms with Crippen LogP contribution < -0.4 is 5.73 Å². The maximum absolute atomic E-state index is 6.30. The van der Waals surface area contributed by atoms with E-state index in [1.54, 1.807) is 0 Å². The Balaban J connectivity index is 1.82. The minimum absolute atomic E-state index is 0.278. The van der Waals surface area contributed by atoms with Gasteiger partial charge < -0.3 is 10.5 Å². The monoisotopic (exact) mass is 241 g/mol. The van der Waals surface area contributed by atoms with Crippen LogP contribution in [-0.4, -0.2) is 67.8 Å². The van der Waals surface area contributed by atoms with E-state index in [2.05, 4.69) is 30.7 Å². The van der Waals surface area contributed by atoms with Crippen LogP contribution in [-0.2, 0) is 4.74 Å². The molecule has 2 aliphatic heterocycles. The van der Waals surface area contributed by atoms with Crippen molar-refractivity contribution < 1.29 is 4.74 Å². The van der Waals surface area contributed by atoms with Crippen LogP contribution in [0.3, 0.4) is 0 Å². The van der Waals surface area contributed by atoms with E-state index in [1.165, 1.54) is 0 Å². The third kappa shape index (κ3) is 3.19. The van der Waals surface area contributed by atoms with Gasteiger partial charge in [-0.1, -0.05) is 0 Å². The number of piperazine rings is 1. The molecule has 0 saturated carbocycles. The molecule has 0 radical (unpaired) electrons. The Kier molecular flexibility index (Phi) is 4.42. The van der Waals surface area contributed by atoms with E-state index in [4.69, 9.17) is 10.5 Å². The van der Waals surface area contributed by atoms with E-state index >= 15 is 0 Å². The molecule has 2 fully saturated rings. The third-order valence-corrected chi connectivity index (χ3v) is 4.47. The van der Waals surface area contributed by atoms with Crippen molar-refractivity contribution in [2.45, 2.75) is 38.4 Å². The lowest BCUT2D eigenvalue weighted by Gasteiger charge is -2.43. The van der Waals surface area contributed by atoms with E-state index in [9.17, 15) is 0 Å². The zero-order chi connectivity index (χ0) is 12.4. The number of hydrogen-bond acceptors (Lipinski definition) is 4. The first-order valence-electron chi connectivity index (χ1n) is 6.85. The normalized spacial score (nSPS) is 38.5. The van der Waals surface area contributed by atoms with E-state index < -0.39 is 0 Å². The number of likely N-dealkylation sites (N-methyl/N-ethyl adjacent to an activating group) is 1. The van der Waals surface area contributed by atoms with Gasteiger partial charge in [-0.3, -0.25) is 9.80 Å². The summed E-state index contributed by atoms with van der Waals surface area (Å²) < 4.78 is 5.42. The lowest BCUT2D eigenvalue weighted by atomic mass is 9.98. The van der Waals surface area contributed by atoms with Gasteiger partial charge in [0.1, 0.15) is 0 Å². The molecular formula is C13H27N3O. The van der Waals surface area contributed by atoms with Crippen molar-refractivity contribution in [3.8, 4) is 0 Å². The van der Waals surface area contributed by atoms with Crippen molar-refractivity contribution in [1.29, 1.82) is 0 Å². The Morgan fingerprint density at radius 1 is 1.29 bits per heavy atom. The van der Waals surface area contributed by atoms with Gasteiger partial charge >= 0.3 is 0 Å². The largest absolute Gasteiger partial charge is 0.381 e. The molecule has 2 heterocycles. The summed E-state index contributed by atoms with van der Waals surface area (Å²) in [6.45, 7) is 9.66. The lowest BCUT2D eigenvalue weighted by molar-refractivity contribution is 0.0521. The maximum Gasteiger partial charge on any atom is 0.0510 e. The Hall–Kier alpha value is -0.160. The van der Waals surface area contributed by atoms with Gasteiger partial charge in [0.05, 0.1) is 6.61 Å². The summed E-state index contributed by atoms with van der Waals surface area (Å²) in [6, 6.07) is 1.54. The fourth-order valence-corrected chi connectivity index (χ4v) is 3.00. The quantitative estimate of drug-likeness (QED) is 0.775. The average molecular weight is 241 g/mol. The highest BCUT2D eigenvalue weighted by atomic mass is 16.5. The summed E-state index contributed by atoms with van der Waals surface area (Å²) in [7, 11) is 2.22. The van der Waals surface area contributed by atoms with Gasteiger partial charge in [-0.25, -0.2) is 0 Å². The zero-order valence-electron chi connectivity index (χ0n) is 11.4. The van der Waals surface area contributed by atoms with Crippen LogP contribution in [0.15, 0.2) is 0 Å². The predicted molar refractivity (Wildman–Crippen MR) is 70.0 cm³/mol. The second kappa shape index (κ2) is 5.65. The van der Waals surface area contributed by atoms with Gasteiger partial charge in [-0.2, -0.15) is 0 Å². The number of nitrogens with two attached hydrogens (primary N) is 1. The van der Waals surface area contributed by atoms with Crippen molar-refractivity contribution in [3.63, 3.8) is 0 Å². The molecule has 17 heavy (non-hydrogen) atoms. The molecular weight excluding hydrogens is 214 g/mol. The molecule has 0 aromatic heterocycles. The minimum Gasteiger partial charge on any atom is -0.381 e. The van der Waals surface area contributed by atoms with Gasteiger partial charge in [0.2, 0.25) is 0 Å². The highest BCUT2D eigenvalue weighted by Crippen LogP contribution is 2.18. The zero-order valence-corrected chi connectivity index (χ0v) is 11.4. The van der Waals surface area contributed by atoms with E-state index in [-0.39, 0.29) is 6.04 Å². The van der Waals surface area contributed by atoms with E-state index in [1.807, 2.05) is 0 Å². The maximum atomic E-state index is 6.30. The first-order valence-corrected chi connectivity index (χ1v) is 6.85. The highest BCUT2D eigenvalue weighted by Gasteiger charge is 2.30. The Labute approximate surface area is 105 Å². The number of nitrogens with zero attached hydrogens (tertiary/aromatic N) is 2. The smallest absolute Gasteiger partial charge is 0.0510 e. The van der Waals surface area contributed by atoms with Crippen molar-refractivity contribution in [1.82, 2.24) is 9.80 Å². The molecule has 2 N–H and O–H groups in total. The van der Waals surface area contributed by atoms with Crippen LogP contribution in [0.1, 0.15) is 20.3 Å². The summed E-state index contributed by atoms with van der Waals surface area (Å²) in [5.74, 6) is 0.570. The SMILES string of the molecule is CC1CN(CC(N)C2CCOC2)CC(C)N1C. The summed E-state index contributed by atoms with van der Waals surface area (Å²) >= 11 is 0. The van der Waals surface area contributed by atoms with Crippen LogP contribution in [0.25, 0.3) is 0 Å². The van der Waals surface area contributed by atoms with Crippen molar-refractivity contribution in [2.24, 2.45) is 11.7 Å². The Bertz CT molecular complexity index is 231. The summed E-state index contributed by atoms with van der Waals surface area (Å²) in [6.07, 6.45) is 1.14. The molecule has 0 aromatic carbocycles. The van der Waals surface area contributed by atoms with Crippen LogP contribution in [0.5, 0.6) is 0 Å². The molecule has 4 unspecified atom stereocenters. The standard InChI is InChI=1S/C13H27N3O/c1-10-6-16(7-11(2)15(10)3)8-13(14)12-4-5-17-9-12/h10-13H,4-9,14H2,1-3H3. The van der Waals surface area contributed by atoms with Gasteiger partial charge in [0.15, 0.2) is 0 Å². The Morgan fingerprint density at radius 3 is 2.47 bits per heavy atom. The van der Waals surface area contributed by atoms with Gasteiger partial charge in [-0.05, 0) is 27.3 Å². The highest BCUT2D eigenvalue weighted by molar-refractivity contribution is 4.86. The third-order valence-electron chi connectivity index (χ3n) is 4.47. The van der Waals surface area contributed by atoms with Crippen LogP contribution in [0.2, 0.25) is 0 Å². The molecule has 0 aromatic rings. The summed E-state index contributed by atoms with van der Waals surface area (Å²) in [5.41, 5.74) is 6.30. The fourth-order valence-electron chi connectivity index (χ4n) is 3.00.